The number of aromatic nitrogens is 1. The number of carboxylic acid groups (broad SMARTS) is 1. The normalized spacial score (nSPS) is 11.9. The summed E-state index contributed by atoms with van der Waals surface area (Å²) in [6.45, 7) is 4.07. The number of ether oxygens (including phenoxy) is 1. The quantitative estimate of drug-likeness (QED) is 0.0854. The van der Waals surface area contributed by atoms with Crippen LogP contribution in [0.5, 0.6) is 11.5 Å². The number of H-pyrrole nitrogens is 1. The summed E-state index contributed by atoms with van der Waals surface area (Å²) in [6, 6.07) is 21.3. The maximum atomic E-state index is 11.9. The lowest BCUT2D eigenvalue weighted by atomic mass is 10.0. The highest BCUT2D eigenvalue weighted by molar-refractivity contribution is 5.87. The molecule has 9 nitrogen and oxygen atoms in total. The summed E-state index contributed by atoms with van der Waals surface area (Å²) >= 11 is 0. The summed E-state index contributed by atoms with van der Waals surface area (Å²) < 4.78 is 5.92. The number of phenols is 1. The lowest BCUT2D eigenvalue weighted by Gasteiger charge is -2.20. The molecule has 0 saturated carbocycles. The molecule has 4 aromatic rings. The van der Waals surface area contributed by atoms with Crippen LogP contribution in [0.4, 0.5) is 10.5 Å². The Bertz CT molecular complexity index is 1550. The van der Waals surface area contributed by atoms with E-state index in [9.17, 15) is 24.9 Å². The number of fused-ring (bicyclic) bond motifs is 1. The van der Waals surface area contributed by atoms with Crippen LogP contribution < -0.4 is 20.5 Å². The molecule has 0 spiro atoms. The third-order valence-electron chi connectivity index (χ3n) is 7.69. The highest BCUT2D eigenvalue weighted by Crippen LogP contribution is 2.28. The molecule has 1 heterocycles. The summed E-state index contributed by atoms with van der Waals surface area (Å²) in [4.78, 5) is 27.5. The highest BCUT2D eigenvalue weighted by Gasteiger charge is 2.16. The number of nitrogens with zero attached hydrogens (tertiary/aromatic N) is 1. The molecule has 9 heteroatoms. The van der Waals surface area contributed by atoms with Crippen molar-refractivity contribution >= 4 is 22.7 Å². The van der Waals surface area contributed by atoms with Gasteiger partial charge in [0.05, 0.1) is 30.5 Å². The smallest absolute Gasteiger partial charge is 0.412 e. The minimum absolute atomic E-state index is 0.0156. The van der Waals surface area contributed by atoms with Crippen LogP contribution in [-0.2, 0) is 6.54 Å². The number of unbranched alkanes of at least 4 members (excludes halogenated alkanes) is 6. The molecule has 234 valence electrons. The average Bonchev–Trinajstić information content (AvgIpc) is 3.01. The number of aliphatic hydroxyl groups excluding tert-OH is 1. The van der Waals surface area contributed by atoms with Crippen molar-refractivity contribution in [2.24, 2.45) is 0 Å². The highest BCUT2D eigenvalue weighted by atomic mass is 16.5. The maximum Gasteiger partial charge on any atom is 0.412 e. The number of carbonyl (C=O) groups is 1. The van der Waals surface area contributed by atoms with Crippen molar-refractivity contribution in [1.82, 2.24) is 10.3 Å². The van der Waals surface area contributed by atoms with Crippen LogP contribution >= 0.6 is 0 Å². The number of phenolic OH excluding ortho intramolecular Hbond substituents is 1. The van der Waals surface area contributed by atoms with Gasteiger partial charge in [0.25, 0.3) is 0 Å². The average molecular weight is 602 g/mol. The Morgan fingerprint density at radius 2 is 1.66 bits per heavy atom. The molecule has 0 saturated heterocycles. The number of hydrogen-bond acceptors (Lipinski definition) is 6. The van der Waals surface area contributed by atoms with Crippen molar-refractivity contribution in [3.63, 3.8) is 0 Å². The third-order valence-corrected chi connectivity index (χ3v) is 7.69. The number of hydrogen-bond donors (Lipinski definition) is 5. The lowest BCUT2D eigenvalue weighted by Crippen LogP contribution is -2.28. The molecule has 0 fully saturated rings. The number of aromatic amines is 1. The topological polar surface area (TPSA) is 135 Å². The first kappa shape index (κ1) is 32.6. The van der Waals surface area contributed by atoms with Crippen LogP contribution in [0.25, 0.3) is 10.9 Å². The summed E-state index contributed by atoms with van der Waals surface area (Å²) in [5, 5.41) is 34.4. The zero-order valence-corrected chi connectivity index (χ0v) is 25.3. The van der Waals surface area contributed by atoms with E-state index in [0.29, 0.717) is 41.1 Å². The van der Waals surface area contributed by atoms with Crippen LogP contribution in [0.3, 0.4) is 0 Å². The van der Waals surface area contributed by atoms with Gasteiger partial charge in [-0.25, -0.2) is 4.79 Å². The number of aryl methyl sites for hydroxylation is 1. The predicted molar refractivity (Wildman–Crippen MR) is 174 cm³/mol. The molecule has 0 radical (unpaired) electrons. The van der Waals surface area contributed by atoms with Crippen LogP contribution in [0.2, 0.25) is 0 Å². The van der Waals surface area contributed by atoms with Gasteiger partial charge in [0.1, 0.15) is 11.5 Å². The number of pyridine rings is 1. The lowest BCUT2D eigenvalue weighted by molar-refractivity contribution is 0.176. The van der Waals surface area contributed by atoms with Crippen molar-refractivity contribution in [2.75, 3.05) is 24.6 Å². The van der Waals surface area contributed by atoms with E-state index >= 15 is 0 Å². The van der Waals surface area contributed by atoms with Gasteiger partial charge in [-0.15, -0.1) is 0 Å². The van der Waals surface area contributed by atoms with E-state index in [0.717, 1.165) is 62.6 Å². The Morgan fingerprint density at radius 1 is 0.932 bits per heavy atom. The Morgan fingerprint density at radius 3 is 2.41 bits per heavy atom. The number of benzene rings is 3. The molecule has 1 atom stereocenters. The Hall–Kier alpha value is -4.34. The molecule has 1 amide bonds. The minimum atomic E-state index is -1.00. The zero-order chi connectivity index (χ0) is 31.3. The van der Waals surface area contributed by atoms with Gasteiger partial charge in [0, 0.05) is 24.1 Å². The fourth-order valence-electron chi connectivity index (χ4n) is 5.21. The standard InChI is InChI=1S/C35H43N3O6/c1-25-12-14-26(15-13-25)24-38(35(42)43)27-10-9-11-28(22-27)44-21-8-6-4-2-3-5-7-20-36-23-32(40)29-16-18-31(39)34-30(29)17-19-33(41)37-34/h9-19,22,32,36,39-40H,2-8,20-21,23-24H2,1H3,(H,37,41)(H,42,43)/t32-/m0/s1. The van der Waals surface area contributed by atoms with E-state index in [1.807, 2.05) is 43.3 Å². The van der Waals surface area contributed by atoms with Crippen molar-refractivity contribution < 1.29 is 24.9 Å². The first-order chi connectivity index (χ1) is 21.3. The van der Waals surface area contributed by atoms with Gasteiger partial charge in [0.2, 0.25) is 5.56 Å². The monoisotopic (exact) mass is 601 g/mol. The van der Waals surface area contributed by atoms with Gasteiger partial charge in [-0.1, -0.05) is 74.1 Å². The molecule has 44 heavy (non-hydrogen) atoms. The van der Waals surface area contributed by atoms with Crippen LogP contribution in [-0.4, -0.2) is 46.1 Å². The Labute approximate surface area is 258 Å². The molecule has 0 aliphatic rings. The summed E-state index contributed by atoms with van der Waals surface area (Å²) in [6.07, 6.45) is 5.83. The second kappa shape index (κ2) is 16.5. The number of rotatable bonds is 17. The van der Waals surface area contributed by atoms with E-state index in [4.69, 9.17) is 4.74 Å². The fourth-order valence-corrected chi connectivity index (χ4v) is 5.21. The summed E-state index contributed by atoms with van der Waals surface area (Å²) in [7, 11) is 0. The van der Waals surface area contributed by atoms with Crippen LogP contribution in [0.15, 0.2) is 77.6 Å². The van der Waals surface area contributed by atoms with Gasteiger partial charge in [0.15, 0.2) is 0 Å². The van der Waals surface area contributed by atoms with E-state index in [1.54, 1.807) is 24.3 Å². The number of nitrogens with one attached hydrogen (secondary N) is 2. The number of amides is 1. The zero-order valence-electron chi connectivity index (χ0n) is 25.3. The molecule has 0 bridgehead atoms. The Balaban J connectivity index is 1.06. The van der Waals surface area contributed by atoms with Crippen molar-refractivity contribution in [1.29, 1.82) is 0 Å². The molecular formula is C35H43N3O6. The van der Waals surface area contributed by atoms with E-state index in [1.165, 1.54) is 17.0 Å². The number of aromatic hydroxyl groups is 1. The van der Waals surface area contributed by atoms with Crippen LogP contribution in [0, 0.1) is 6.92 Å². The molecule has 0 aliphatic carbocycles. The van der Waals surface area contributed by atoms with Gasteiger partial charge >= 0.3 is 6.09 Å². The number of anilines is 1. The minimum Gasteiger partial charge on any atom is -0.506 e. The predicted octanol–water partition coefficient (Wildman–Crippen LogP) is 6.66. The maximum absolute atomic E-state index is 11.9. The molecule has 3 aromatic carbocycles. The van der Waals surface area contributed by atoms with Crippen molar-refractivity contribution in [2.45, 2.75) is 64.5 Å². The van der Waals surface area contributed by atoms with Crippen molar-refractivity contribution in [3.05, 3.63) is 99.8 Å². The first-order valence-electron chi connectivity index (χ1n) is 15.3. The fraction of sp³-hybridized carbons (Fsp3) is 0.371. The molecule has 0 aliphatic heterocycles. The second-order valence-electron chi connectivity index (χ2n) is 11.2. The molecule has 4 rings (SSSR count). The van der Waals surface area contributed by atoms with Crippen molar-refractivity contribution in [3.8, 4) is 11.5 Å². The first-order valence-corrected chi connectivity index (χ1v) is 15.3. The van der Waals surface area contributed by atoms with Gasteiger partial charge in [-0.05, 0) is 61.7 Å². The van der Waals surface area contributed by atoms with Gasteiger partial charge in [-0.3, -0.25) is 9.69 Å². The molecule has 0 unspecified atom stereocenters. The van der Waals surface area contributed by atoms with E-state index < -0.39 is 12.2 Å². The third kappa shape index (κ3) is 9.59. The summed E-state index contributed by atoms with van der Waals surface area (Å²) in [5.74, 6) is 0.655. The van der Waals surface area contributed by atoms with E-state index in [-0.39, 0.29) is 17.9 Å². The van der Waals surface area contributed by atoms with Gasteiger partial charge < -0.3 is 30.4 Å². The van der Waals surface area contributed by atoms with Crippen LogP contribution in [0.1, 0.15) is 67.7 Å². The van der Waals surface area contributed by atoms with Gasteiger partial charge in [-0.2, -0.15) is 0 Å². The molecular weight excluding hydrogens is 558 g/mol. The second-order valence-corrected chi connectivity index (χ2v) is 11.2. The molecule has 5 N–H and O–H groups in total. The summed E-state index contributed by atoms with van der Waals surface area (Å²) in [5.41, 5.74) is 3.36. The Kier molecular flexibility index (Phi) is 12.2. The number of aliphatic hydroxyl groups is 1. The molecule has 1 aromatic heterocycles. The largest absolute Gasteiger partial charge is 0.506 e. The SMILES string of the molecule is Cc1ccc(CN(C(=O)O)c2cccc(OCCCCCCCCCNC[C@H](O)c3ccc(O)c4[nH]c(=O)ccc34)c2)cc1. The van der Waals surface area contributed by atoms with E-state index in [2.05, 4.69) is 10.3 Å².